The van der Waals surface area contributed by atoms with Crippen LogP contribution in [-0.2, 0) is 6.42 Å². The molecule has 0 saturated carbocycles. The molecule has 110 valence electrons. The second kappa shape index (κ2) is 5.31. The van der Waals surface area contributed by atoms with E-state index in [1.807, 2.05) is 24.3 Å². The van der Waals surface area contributed by atoms with Crippen LogP contribution in [-0.4, -0.2) is 12.9 Å². The zero-order chi connectivity index (χ0) is 14.9. The van der Waals surface area contributed by atoms with Gasteiger partial charge in [0.05, 0.1) is 0 Å². The van der Waals surface area contributed by atoms with E-state index in [0.29, 0.717) is 18.5 Å². The minimum absolute atomic E-state index is 0.0431. The number of hydrogen-bond acceptors (Lipinski definition) is 2. The molecule has 0 radical (unpaired) electrons. The molecule has 0 aliphatic carbocycles. The minimum Gasteiger partial charge on any atom is -0.405 e. The van der Waals surface area contributed by atoms with Crippen LogP contribution in [0.5, 0.6) is 5.75 Å². The van der Waals surface area contributed by atoms with E-state index in [1.165, 1.54) is 6.07 Å². The minimum atomic E-state index is -4.67. The molecule has 1 aliphatic rings. The number of hydrogen-bond donors (Lipinski definition) is 1. The van der Waals surface area contributed by atoms with Gasteiger partial charge in [0.15, 0.2) is 0 Å². The molecule has 0 bridgehead atoms. The van der Waals surface area contributed by atoms with Crippen molar-refractivity contribution in [2.75, 3.05) is 11.9 Å². The van der Waals surface area contributed by atoms with Crippen LogP contribution in [0.3, 0.4) is 0 Å². The molecule has 0 fully saturated rings. The Morgan fingerprint density at radius 3 is 2.52 bits per heavy atom. The van der Waals surface area contributed by atoms with Crippen molar-refractivity contribution in [1.29, 1.82) is 0 Å². The SMILES string of the molecule is FC(F)(F)Oc1ccccc1C1CNc2ccccc2C1. The van der Waals surface area contributed by atoms with Crippen molar-refractivity contribution in [2.45, 2.75) is 18.7 Å². The van der Waals surface area contributed by atoms with Crippen LogP contribution in [0.4, 0.5) is 18.9 Å². The maximum absolute atomic E-state index is 12.5. The summed E-state index contributed by atoms with van der Waals surface area (Å²) in [5, 5.41) is 3.26. The average Bonchev–Trinajstić information content (AvgIpc) is 2.46. The van der Waals surface area contributed by atoms with Crippen molar-refractivity contribution in [2.24, 2.45) is 0 Å². The molecule has 2 aromatic carbocycles. The average molecular weight is 293 g/mol. The van der Waals surface area contributed by atoms with Gasteiger partial charge in [-0.05, 0) is 29.7 Å². The molecule has 2 nitrogen and oxygen atoms in total. The van der Waals surface area contributed by atoms with Crippen molar-refractivity contribution in [1.82, 2.24) is 0 Å². The highest BCUT2D eigenvalue weighted by atomic mass is 19.4. The number of rotatable bonds is 2. The number of para-hydroxylation sites is 2. The molecule has 1 N–H and O–H groups in total. The highest BCUT2D eigenvalue weighted by Crippen LogP contribution is 2.36. The second-order valence-electron chi connectivity index (χ2n) is 5.02. The number of benzene rings is 2. The van der Waals surface area contributed by atoms with Crippen LogP contribution in [0.15, 0.2) is 48.5 Å². The summed E-state index contributed by atoms with van der Waals surface area (Å²) in [7, 11) is 0. The van der Waals surface area contributed by atoms with E-state index in [4.69, 9.17) is 0 Å². The third-order valence-corrected chi connectivity index (χ3v) is 3.61. The Bertz CT molecular complexity index is 639. The molecule has 0 amide bonds. The van der Waals surface area contributed by atoms with Gasteiger partial charge in [0.25, 0.3) is 0 Å². The Kier molecular flexibility index (Phi) is 3.49. The molecule has 1 unspecified atom stereocenters. The Labute approximate surface area is 120 Å². The van der Waals surface area contributed by atoms with Gasteiger partial charge in [0.1, 0.15) is 5.75 Å². The summed E-state index contributed by atoms with van der Waals surface area (Å²) in [5.41, 5.74) is 2.73. The Morgan fingerprint density at radius 1 is 1.00 bits per heavy atom. The zero-order valence-corrected chi connectivity index (χ0v) is 11.2. The first-order valence-electron chi connectivity index (χ1n) is 6.69. The largest absolute Gasteiger partial charge is 0.573 e. The molecule has 1 heterocycles. The normalized spacial score (nSPS) is 17.8. The molecular formula is C16H14F3NO. The summed E-state index contributed by atoms with van der Waals surface area (Å²) in [6.07, 6.45) is -3.97. The second-order valence-corrected chi connectivity index (χ2v) is 5.02. The third-order valence-electron chi connectivity index (χ3n) is 3.61. The maximum Gasteiger partial charge on any atom is 0.573 e. The van der Waals surface area contributed by atoms with Crippen molar-refractivity contribution in [3.63, 3.8) is 0 Å². The first-order chi connectivity index (χ1) is 10.0. The summed E-state index contributed by atoms with van der Waals surface area (Å²) < 4.78 is 41.6. The Hall–Kier alpha value is -2.17. The molecule has 0 saturated heterocycles. The topological polar surface area (TPSA) is 21.3 Å². The highest BCUT2D eigenvalue weighted by molar-refractivity contribution is 5.55. The lowest BCUT2D eigenvalue weighted by molar-refractivity contribution is -0.275. The Morgan fingerprint density at radius 2 is 1.71 bits per heavy atom. The zero-order valence-electron chi connectivity index (χ0n) is 11.2. The van der Waals surface area contributed by atoms with Gasteiger partial charge in [0, 0.05) is 18.2 Å². The molecule has 0 aromatic heterocycles. The molecule has 2 aromatic rings. The number of ether oxygens (including phenoxy) is 1. The molecule has 1 aliphatic heterocycles. The fraction of sp³-hybridized carbons (Fsp3) is 0.250. The van der Waals surface area contributed by atoms with Crippen molar-refractivity contribution in [3.05, 3.63) is 59.7 Å². The van der Waals surface area contributed by atoms with Gasteiger partial charge in [-0.3, -0.25) is 0 Å². The van der Waals surface area contributed by atoms with E-state index in [0.717, 1.165) is 11.3 Å². The number of nitrogens with one attached hydrogen (secondary N) is 1. The Balaban J connectivity index is 1.89. The van der Waals surface area contributed by atoms with Crippen LogP contribution in [0.1, 0.15) is 17.0 Å². The first kappa shape index (κ1) is 13.8. The predicted molar refractivity (Wildman–Crippen MR) is 74.5 cm³/mol. The van der Waals surface area contributed by atoms with E-state index < -0.39 is 6.36 Å². The van der Waals surface area contributed by atoms with Gasteiger partial charge in [-0.1, -0.05) is 36.4 Å². The van der Waals surface area contributed by atoms with Gasteiger partial charge in [-0.25, -0.2) is 0 Å². The van der Waals surface area contributed by atoms with Crippen LogP contribution in [0.25, 0.3) is 0 Å². The summed E-state index contributed by atoms with van der Waals surface area (Å²) in [6, 6.07) is 14.2. The fourth-order valence-corrected chi connectivity index (χ4v) is 2.70. The molecule has 5 heteroatoms. The molecular weight excluding hydrogens is 279 g/mol. The summed E-state index contributed by atoms with van der Waals surface area (Å²) >= 11 is 0. The van der Waals surface area contributed by atoms with E-state index in [9.17, 15) is 13.2 Å². The number of fused-ring (bicyclic) bond motifs is 1. The van der Waals surface area contributed by atoms with Crippen LogP contribution < -0.4 is 10.1 Å². The third kappa shape index (κ3) is 3.12. The van der Waals surface area contributed by atoms with E-state index in [-0.39, 0.29) is 11.7 Å². The van der Waals surface area contributed by atoms with Crippen molar-refractivity contribution < 1.29 is 17.9 Å². The van der Waals surface area contributed by atoms with E-state index >= 15 is 0 Å². The monoisotopic (exact) mass is 293 g/mol. The number of anilines is 1. The van der Waals surface area contributed by atoms with Crippen molar-refractivity contribution in [3.8, 4) is 5.75 Å². The van der Waals surface area contributed by atoms with Gasteiger partial charge >= 0.3 is 6.36 Å². The summed E-state index contributed by atoms with van der Waals surface area (Å²) in [6.45, 7) is 0.593. The quantitative estimate of drug-likeness (QED) is 0.889. The lowest BCUT2D eigenvalue weighted by atomic mass is 9.88. The van der Waals surface area contributed by atoms with Crippen LogP contribution >= 0.6 is 0 Å². The maximum atomic E-state index is 12.5. The smallest absolute Gasteiger partial charge is 0.405 e. The lowest BCUT2D eigenvalue weighted by Gasteiger charge is -2.27. The fourth-order valence-electron chi connectivity index (χ4n) is 2.70. The molecule has 0 spiro atoms. The van der Waals surface area contributed by atoms with E-state index in [1.54, 1.807) is 18.2 Å². The summed E-state index contributed by atoms with van der Waals surface area (Å²) in [4.78, 5) is 0. The van der Waals surface area contributed by atoms with Gasteiger partial charge in [0.2, 0.25) is 0 Å². The molecule has 21 heavy (non-hydrogen) atoms. The predicted octanol–water partition coefficient (Wildman–Crippen LogP) is 4.34. The van der Waals surface area contributed by atoms with Crippen LogP contribution in [0, 0.1) is 0 Å². The van der Waals surface area contributed by atoms with Crippen LogP contribution in [0.2, 0.25) is 0 Å². The lowest BCUT2D eigenvalue weighted by Crippen LogP contribution is -2.24. The standard InChI is InChI=1S/C16H14F3NO/c17-16(18,19)21-15-8-4-2-6-13(15)12-9-11-5-1-3-7-14(11)20-10-12/h1-8,12,20H,9-10H2. The molecule has 1 atom stereocenters. The number of alkyl halides is 3. The molecule has 3 rings (SSSR count). The first-order valence-corrected chi connectivity index (χ1v) is 6.69. The highest BCUT2D eigenvalue weighted by Gasteiger charge is 2.33. The van der Waals surface area contributed by atoms with Gasteiger partial charge in [-0.15, -0.1) is 13.2 Å². The van der Waals surface area contributed by atoms with E-state index in [2.05, 4.69) is 10.1 Å². The van der Waals surface area contributed by atoms with Gasteiger partial charge < -0.3 is 10.1 Å². The van der Waals surface area contributed by atoms with Crippen molar-refractivity contribution >= 4 is 5.69 Å². The summed E-state index contributed by atoms with van der Waals surface area (Å²) in [5.74, 6) is -0.158. The number of halogens is 3. The van der Waals surface area contributed by atoms with Gasteiger partial charge in [-0.2, -0.15) is 0 Å².